The summed E-state index contributed by atoms with van der Waals surface area (Å²) in [6.07, 6.45) is 8.46. The molecule has 2 nitrogen and oxygen atoms in total. The Morgan fingerprint density at radius 1 is 0.944 bits per heavy atom. The van der Waals surface area contributed by atoms with Crippen LogP contribution in [0.2, 0.25) is 0 Å². The Morgan fingerprint density at radius 3 is 2.33 bits per heavy atom. The minimum atomic E-state index is -0.201. The molecule has 102 valence electrons. The van der Waals surface area contributed by atoms with Crippen LogP contribution < -0.4 is 0 Å². The molecule has 2 spiro atoms. The van der Waals surface area contributed by atoms with Gasteiger partial charge in [0.05, 0.1) is 13.2 Å². The van der Waals surface area contributed by atoms with Gasteiger partial charge in [-0.3, -0.25) is 0 Å². The predicted molar refractivity (Wildman–Crippen MR) is 77.3 cm³/mol. The number of fused-ring (bicyclic) bond motifs is 1. The number of thiol groups is 1. The molecule has 2 unspecified atom stereocenters. The number of hydrogen-bond donors (Lipinski definition) is 1. The molecule has 0 radical (unpaired) electrons. The van der Waals surface area contributed by atoms with Crippen LogP contribution in [-0.2, 0) is 9.47 Å². The molecule has 0 bridgehead atoms. The van der Waals surface area contributed by atoms with Gasteiger partial charge in [0.25, 0.3) is 0 Å². The molecule has 4 aliphatic rings. The number of thioether (sulfide) groups is 1. The van der Waals surface area contributed by atoms with Gasteiger partial charge in [0.2, 0.25) is 0 Å². The van der Waals surface area contributed by atoms with Crippen LogP contribution in [0.3, 0.4) is 0 Å². The molecule has 4 rings (SSSR count). The summed E-state index contributed by atoms with van der Waals surface area (Å²) in [5.41, 5.74) is 0.317. The SMILES string of the molecule is SC1CCC2(CC1)COC1(CCC3SC3C1)OC2. The van der Waals surface area contributed by atoms with E-state index in [0.29, 0.717) is 10.7 Å². The lowest BCUT2D eigenvalue weighted by Crippen LogP contribution is -2.52. The third-order valence-corrected chi connectivity index (χ3v) is 7.27. The largest absolute Gasteiger partial charge is 0.349 e. The lowest BCUT2D eigenvalue weighted by molar-refractivity contribution is -0.316. The van der Waals surface area contributed by atoms with Crippen molar-refractivity contribution >= 4 is 24.4 Å². The molecule has 2 saturated heterocycles. The van der Waals surface area contributed by atoms with E-state index in [2.05, 4.69) is 24.4 Å². The summed E-state index contributed by atoms with van der Waals surface area (Å²) >= 11 is 6.72. The second kappa shape index (κ2) is 4.31. The second-order valence-electron chi connectivity index (χ2n) is 6.67. The van der Waals surface area contributed by atoms with E-state index in [9.17, 15) is 0 Å². The van der Waals surface area contributed by atoms with E-state index in [-0.39, 0.29) is 5.79 Å². The predicted octanol–water partition coefficient (Wildman–Crippen LogP) is 3.26. The molecule has 0 amide bonds. The molecular formula is C14H22O2S2. The fraction of sp³-hybridized carbons (Fsp3) is 1.00. The minimum Gasteiger partial charge on any atom is -0.349 e. The van der Waals surface area contributed by atoms with Gasteiger partial charge in [-0.25, -0.2) is 0 Å². The Hall–Kier alpha value is 0.620. The summed E-state index contributed by atoms with van der Waals surface area (Å²) in [4.78, 5) is 0. The van der Waals surface area contributed by atoms with Gasteiger partial charge in [0.15, 0.2) is 5.79 Å². The maximum Gasteiger partial charge on any atom is 0.169 e. The Balaban J connectivity index is 1.40. The zero-order valence-corrected chi connectivity index (χ0v) is 12.5. The Morgan fingerprint density at radius 2 is 1.67 bits per heavy atom. The minimum absolute atomic E-state index is 0.201. The zero-order valence-electron chi connectivity index (χ0n) is 10.8. The van der Waals surface area contributed by atoms with Crippen molar-refractivity contribution in [2.45, 2.75) is 66.5 Å². The molecule has 0 N–H and O–H groups in total. The Kier molecular flexibility index (Phi) is 2.96. The third kappa shape index (κ3) is 2.13. The highest BCUT2D eigenvalue weighted by Gasteiger charge is 2.54. The van der Waals surface area contributed by atoms with Gasteiger partial charge in [-0.05, 0) is 32.1 Å². The van der Waals surface area contributed by atoms with Crippen LogP contribution in [0.25, 0.3) is 0 Å². The smallest absolute Gasteiger partial charge is 0.169 e. The molecule has 18 heavy (non-hydrogen) atoms. The maximum absolute atomic E-state index is 6.27. The molecule has 0 aromatic rings. The van der Waals surface area contributed by atoms with Crippen LogP contribution >= 0.6 is 24.4 Å². The topological polar surface area (TPSA) is 18.5 Å². The van der Waals surface area contributed by atoms with Gasteiger partial charge in [0.1, 0.15) is 0 Å². The maximum atomic E-state index is 6.27. The van der Waals surface area contributed by atoms with Gasteiger partial charge >= 0.3 is 0 Å². The van der Waals surface area contributed by atoms with Crippen molar-refractivity contribution in [2.75, 3.05) is 13.2 Å². The molecular weight excluding hydrogens is 264 g/mol. The lowest BCUT2D eigenvalue weighted by Gasteiger charge is -2.49. The van der Waals surface area contributed by atoms with Crippen molar-refractivity contribution in [3.63, 3.8) is 0 Å². The normalized spacial score (nSPS) is 55.5. The van der Waals surface area contributed by atoms with Gasteiger partial charge in [-0.15, -0.1) is 0 Å². The van der Waals surface area contributed by atoms with Crippen molar-refractivity contribution < 1.29 is 9.47 Å². The van der Waals surface area contributed by atoms with Gasteiger partial charge in [-0.2, -0.15) is 24.4 Å². The first-order chi connectivity index (χ1) is 8.69. The van der Waals surface area contributed by atoms with Crippen molar-refractivity contribution in [3.8, 4) is 0 Å². The number of rotatable bonds is 0. The van der Waals surface area contributed by atoms with Crippen LogP contribution in [0.1, 0.15) is 44.9 Å². The van der Waals surface area contributed by atoms with Crippen LogP contribution in [0.5, 0.6) is 0 Å². The zero-order chi connectivity index (χ0) is 12.2. The second-order valence-corrected chi connectivity index (χ2v) is 8.89. The van der Waals surface area contributed by atoms with E-state index in [1.807, 2.05) is 0 Å². The standard InChI is InChI=1S/C14H22O2S2/c17-10-1-4-13(5-2-10)8-15-14(16-9-13)6-3-11-12(7-14)18-11/h10-12,17H,1-9H2. The Labute approximate surface area is 119 Å². The van der Waals surface area contributed by atoms with Crippen LogP contribution in [0, 0.1) is 5.41 Å². The molecule has 2 heterocycles. The molecule has 0 aromatic heterocycles. The monoisotopic (exact) mass is 286 g/mol. The summed E-state index contributed by atoms with van der Waals surface area (Å²) in [6.45, 7) is 1.85. The highest BCUT2D eigenvalue weighted by Crippen LogP contribution is 2.56. The van der Waals surface area contributed by atoms with Crippen LogP contribution in [0.4, 0.5) is 0 Å². The van der Waals surface area contributed by atoms with E-state index in [1.54, 1.807) is 0 Å². The van der Waals surface area contributed by atoms with Crippen molar-refractivity contribution in [1.29, 1.82) is 0 Å². The Bertz CT molecular complexity index is 329. The fourth-order valence-corrected chi connectivity index (χ4v) is 5.25. The van der Waals surface area contributed by atoms with E-state index < -0.39 is 0 Å². The summed E-state index contributed by atoms with van der Waals surface area (Å²) < 4.78 is 12.5. The molecule has 4 fully saturated rings. The molecule has 2 aliphatic heterocycles. The van der Waals surface area contributed by atoms with Gasteiger partial charge in [0, 0.05) is 34.0 Å². The van der Waals surface area contributed by atoms with Gasteiger partial charge < -0.3 is 9.47 Å². The average molecular weight is 286 g/mol. The number of ether oxygens (including phenoxy) is 2. The summed E-state index contributed by atoms with van der Waals surface area (Å²) in [5, 5.41) is 2.36. The summed E-state index contributed by atoms with van der Waals surface area (Å²) in [6, 6.07) is 0. The fourth-order valence-electron chi connectivity index (χ4n) is 3.80. The first-order valence-electron chi connectivity index (χ1n) is 7.30. The molecule has 2 atom stereocenters. The first-order valence-corrected chi connectivity index (χ1v) is 8.76. The van der Waals surface area contributed by atoms with Crippen LogP contribution in [0.15, 0.2) is 0 Å². The molecule has 0 aromatic carbocycles. The quantitative estimate of drug-likeness (QED) is 0.545. The molecule has 4 heteroatoms. The van der Waals surface area contributed by atoms with Crippen LogP contribution in [-0.4, -0.2) is 34.8 Å². The number of hydrogen-bond acceptors (Lipinski definition) is 4. The first kappa shape index (κ1) is 12.4. The summed E-state index contributed by atoms with van der Waals surface area (Å²) in [7, 11) is 0. The van der Waals surface area contributed by atoms with Gasteiger partial charge in [-0.1, -0.05) is 0 Å². The van der Waals surface area contributed by atoms with Crippen molar-refractivity contribution in [3.05, 3.63) is 0 Å². The van der Waals surface area contributed by atoms with Crippen molar-refractivity contribution in [1.82, 2.24) is 0 Å². The van der Waals surface area contributed by atoms with E-state index in [4.69, 9.17) is 9.47 Å². The lowest BCUT2D eigenvalue weighted by atomic mass is 9.74. The van der Waals surface area contributed by atoms with Crippen molar-refractivity contribution in [2.24, 2.45) is 5.41 Å². The third-order valence-electron chi connectivity index (χ3n) is 5.31. The highest BCUT2D eigenvalue weighted by atomic mass is 32.2. The van der Waals surface area contributed by atoms with E-state index in [1.165, 1.54) is 32.1 Å². The highest BCUT2D eigenvalue weighted by molar-refractivity contribution is 8.07. The summed E-state index contributed by atoms with van der Waals surface area (Å²) in [5.74, 6) is -0.201. The van der Waals surface area contributed by atoms with E-state index in [0.717, 1.165) is 36.6 Å². The average Bonchev–Trinajstić information content (AvgIpc) is 3.15. The molecule has 2 saturated carbocycles. The van der Waals surface area contributed by atoms with E-state index >= 15 is 0 Å². The molecule has 2 aliphatic carbocycles.